The summed E-state index contributed by atoms with van der Waals surface area (Å²) in [5, 5.41) is 7.01. The SMILES string of the molecule is CN=C(NCCc1cn2cccc(C)c2n1)NC1CCN(c2ccc(C)cn2)CC1.I. The molecule has 0 aromatic carbocycles. The zero-order chi connectivity index (χ0) is 20.9. The van der Waals surface area contributed by atoms with E-state index in [4.69, 9.17) is 4.98 Å². The minimum absolute atomic E-state index is 0. The fraction of sp³-hybridized carbons (Fsp3) is 0.435. The van der Waals surface area contributed by atoms with Crippen LogP contribution in [0.25, 0.3) is 5.65 Å². The molecule has 4 rings (SSSR count). The predicted octanol–water partition coefficient (Wildman–Crippen LogP) is 3.34. The van der Waals surface area contributed by atoms with E-state index in [2.05, 4.69) is 74.2 Å². The standard InChI is InChI=1S/C23H31N7.HI/c1-17-6-7-21(26-15-17)29-13-9-19(10-14-29)28-23(24-3)25-11-8-20-16-30-12-4-5-18(2)22(30)27-20;/h4-7,12,15-16,19H,8-11,13-14H2,1-3H3,(H2,24,25,28);1H. The van der Waals surface area contributed by atoms with Crippen molar-refractivity contribution >= 4 is 41.4 Å². The number of nitrogens with one attached hydrogen (secondary N) is 2. The Labute approximate surface area is 201 Å². The minimum Gasteiger partial charge on any atom is -0.356 e. The number of pyridine rings is 2. The first-order chi connectivity index (χ1) is 14.6. The van der Waals surface area contributed by atoms with E-state index in [1.165, 1.54) is 11.1 Å². The Hall–Kier alpha value is -2.36. The number of halogens is 1. The molecule has 0 amide bonds. The molecule has 2 N–H and O–H groups in total. The van der Waals surface area contributed by atoms with Gasteiger partial charge in [-0.15, -0.1) is 24.0 Å². The van der Waals surface area contributed by atoms with E-state index in [1.54, 1.807) is 0 Å². The Morgan fingerprint density at radius 2 is 2.00 bits per heavy atom. The summed E-state index contributed by atoms with van der Waals surface area (Å²) < 4.78 is 2.09. The maximum Gasteiger partial charge on any atom is 0.191 e. The van der Waals surface area contributed by atoms with E-state index < -0.39 is 0 Å². The van der Waals surface area contributed by atoms with Gasteiger partial charge in [0, 0.05) is 57.7 Å². The summed E-state index contributed by atoms with van der Waals surface area (Å²) in [6.07, 6.45) is 9.10. The van der Waals surface area contributed by atoms with Crippen molar-refractivity contribution in [2.24, 2.45) is 4.99 Å². The number of aliphatic imine (C=N–C) groups is 1. The summed E-state index contributed by atoms with van der Waals surface area (Å²) in [5.41, 5.74) is 4.52. The molecule has 0 bridgehead atoms. The van der Waals surface area contributed by atoms with Crippen LogP contribution in [-0.4, -0.2) is 53.1 Å². The monoisotopic (exact) mass is 533 g/mol. The molecule has 31 heavy (non-hydrogen) atoms. The number of hydrogen-bond acceptors (Lipinski definition) is 4. The summed E-state index contributed by atoms with van der Waals surface area (Å²) in [4.78, 5) is 16.1. The highest BCUT2D eigenvalue weighted by Crippen LogP contribution is 2.18. The Bertz CT molecular complexity index is 1000. The molecule has 0 saturated carbocycles. The largest absolute Gasteiger partial charge is 0.356 e. The molecule has 1 aliphatic rings. The van der Waals surface area contributed by atoms with E-state index in [0.717, 1.165) is 62.0 Å². The first-order valence-electron chi connectivity index (χ1n) is 10.7. The van der Waals surface area contributed by atoms with E-state index in [-0.39, 0.29) is 24.0 Å². The summed E-state index contributed by atoms with van der Waals surface area (Å²) in [7, 11) is 1.83. The molecule has 0 aliphatic carbocycles. The highest BCUT2D eigenvalue weighted by Gasteiger charge is 2.20. The van der Waals surface area contributed by atoms with E-state index in [1.807, 2.05) is 19.4 Å². The topological polar surface area (TPSA) is 69.8 Å². The fourth-order valence-electron chi connectivity index (χ4n) is 3.92. The average molecular weight is 533 g/mol. The Balaban J connectivity index is 0.00000272. The predicted molar refractivity (Wildman–Crippen MR) is 138 cm³/mol. The van der Waals surface area contributed by atoms with Crippen LogP contribution in [0.1, 0.15) is 29.7 Å². The molecular formula is C23H32IN7. The molecule has 1 aliphatic heterocycles. The maximum absolute atomic E-state index is 4.74. The Morgan fingerprint density at radius 3 is 2.68 bits per heavy atom. The molecule has 0 unspecified atom stereocenters. The smallest absolute Gasteiger partial charge is 0.191 e. The van der Waals surface area contributed by atoms with Crippen LogP contribution in [0.5, 0.6) is 0 Å². The van der Waals surface area contributed by atoms with Gasteiger partial charge >= 0.3 is 0 Å². The third-order valence-electron chi connectivity index (χ3n) is 5.68. The molecule has 0 radical (unpaired) electrons. The molecular weight excluding hydrogens is 501 g/mol. The van der Waals surface area contributed by atoms with Crippen molar-refractivity contribution in [3.63, 3.8) is 0 Å². The molecule has 3 aromatic rings. The van der Waals surface area contributed by atoms with Gasteiger partial charge in [-0.25, -0.2) is 9.97 Å². The number of hydrogen-bond donors (Lipinski definition) is 2. The lowest BCUT2D eigenvalue weighted by molar-refractivity contribution is 0.459. The van der Waals surface area contributed by atoms with Gasteiger partial charge in [-0.1, -0.05) is 12.1 Å². The number of nitrogens with zero attached hydrogens (tertiary/aromatic N) is 5. The second-order valence-corrected chi connectivity index (χ2v) is 8.00. The number of aromatic nitrogens is 3. The van der Waals surface area contributed by atoms with Crippen LogP contribution < -0.4 is 15.5 Å². The van der Waals surface area contributed by atoms with Crippen molar-refractivity contribution in [3.8, 4) is 0 Å². The second-order valence-electron chi connectivity index (χ2n) is 8.00. The average Bonchev–Trinajstić information content (AvgIpc) is 3.18. The lowest BCUT2D eigenvalue weighted by atomic mass is 10.1. The summed E-state index contributed by atoms with van der Waals surface area (Å²) >= 11 is 0. The first-order valence-corrected chi connectivity index (χ1v) is 10.7. The van der Waals surface area contributed by atoms with E-state index in [9.17, 15) is 0 Å². The van der Waals surface area contributed by atoms with Crippen LogP contribution in [0.15, 0.2) is 47.8 Å². The van der Waals surface area contributed by atoms with Crippen molar-refractivity contribution in [1.29, 1.82) is 0 Å². The number of imidazole rings is 1. The second kappa shape index (κ2) is 10.8. The number of piperidine rings is 1. The molecule has 0 spiro atoms. The number of rotatable bonds is 5. The number of aryl methyl sites for hydroxylation is 2. The van der Waals surface area contributed by atoms with Crippen molar-refractivity contribution < 1.29 is 0 Å². The normalized spacial score (nSPS) is 15.1. The van der Waals surface area contributed by atoms with Gasteiger partial charge in [0.05, 0.1) is 5.69 Å². The van der Waals surface area contributed by atoms with Crippen LogP contribution in [0.4, 0.5) is 5.82 Å². The van der Waals surface area contributed by atoms with Gasteiger partial charge in [0.25, 0.3) is 0 Å². The van der Waals surface area contributed by atoms with Crippen LogP contribution >= 0.6 is 24.0 Å². The van der Waals surface area contributed by atoms with Gasteiger partial charge in [0.15, 0.2) is 5.96 Å². The van der Waals surface area contributed by atoms with Crippen molar-refractivity contribution in [2.75, 3.05) is 31.6 Å². The maximum atomic E-state index is 4.74. The highest BCUT2D eigenvalue weighted by molar-refractivity contribution is 14.0. The molecule has 166 valence electrons. The van der Waals surface area contributed by atoms with Gasteiger partial charge in [-0.05, 0) is 49.9 Å². The quantitative estimate of drug-likeness (QED) is 0.299. The van der Waals surface area contributed by atoms with Gasteiger partial charge in [0.1, 0.15) is 11.5 Å². The molecule has 1 saturated heterocycles. The van der Waals surface area contributed by atoms with Gasteiger partial charge < -0.3 is 19.9 Å². The van der Waals surface area contributed by atoms with Crippen LogP contribution in [-0.2, 0) is 6.42 Å². The van der Waals surface area contributed by atoms with Crippen molar-refractivity contribution in [1.82, 2.24) is 25.0 Å². The highest BCUT2D eigenvalue weighted by atomic mass is 127. The molecule has 1 fully saturated rings. The molecule has 0 atom stereocenters. The Kier molecular flexibility index (Phi) is 8.11. The Morgan fingerprint density at radius 1 is 1.19 bits per heavy atom. The summed E-state index contributed by atoms with van der Waals surface area (Å²) in [6, 6.07) is 8.82. The summed E-state index contributed by atoms with van der Waals surface area (Å²) in [6.45, 7) is 6.98. The van der Waals surface area contributed by atoms with Crippen molar-refractivity contribution in [2.45, 2.75) is 39.2 Å². The van der Waals surface area contributed by atoms with Gasteiger partial charge in [-0.3, -0.25) is 4.99 Å². The van der Waals surface area contributed by atoms with Crippen LogP contribution in [0.2, 0.25) is 0 Å². The zero-order valence-corrected chi connectivity index (χ0v) is 20.8. The minimum atomic E-state index is 0. The van der Waals surface area contributed by atoms with Gasteiger partial charge in [0.2, 0.25) is 0 Å². The number of guanidine groups is 1. The lowest BCUT2D eigenvalue weighted by Gasteiger charge is -2.33. The van der Waals surface area contributed by atoms with Crippen LogP contribution in [0, 0.1) is 13.8 Å². The lowest BCUT2D eigenvalue weighted by Crippen LogP contribution is -2.49. The van der Waals surface area contributed by atoms with E-state index in [0.29, 0.717) is 6.04 Å². The molecule has 8 heteroatoms. The number of fused-ring (bicyclic) bond motifs is 1. The van der Waals surface area contributed by atoms with Gasteiger partial charge in [-0.2, -0.15) is 0 Å². The zero-order valence-electron chi connectivity index (χ0n) is 18.5. The van der Waals surface area contributed by atoms with Crippen molar-refractivity contribution in [3.05, 3.63) is 59.7 Å². The first kappa shape index (κ1) is 23.3. The van der Waals surface area contributed by atoms with E-state index >= 15 is 0 Å². The molecule has 3 aromatic heterocycles. The molecule has 7 nitrogen and oxygen atoms in total. The molecule has 4 heterocycles. The number of anilines is 1. The third-order valence-corrected chi connectivity index (χ3v) is 5.68. The summed E-state index contributed by atoms with van der Waals surface area (Å²) in [5.74, 6) is 1.94. The van der Waals surface area contributed by atoms with Crippen LogP contribution in [0.3, 0.4) is 0 Å². The fourth-order valence-corrected chi connectivity index (χ4v) is 3.92. The third kappa shape index (κ3) is 5.87.